The Balaban J connectivity index is 2.40. The molecule has 2 rings (SSSR count). The second-order valence-electron chi connectivity index (χ2n) is 6.07. The molecule has 1 fully saturated rings. The summed E-state index contributed by atoms with van der Waals surface area (Å²) in [6.07, 6.45) is 6.98. The number of nitrogens with one attached hydrogen (secondary N) is 1. The van der Waals surface area contributed by atoms with Crippen LogP contribution in [0.4, 0.5) is 0 Å². The number of hydrogen-bond donors (Lipinski definition) is 1. The van der Waals surface area contributed by atoms with Crippen molar-refractivity contribution >= 4 is 0 Å². The maximum atomic E-state index is 4.50. The minimum atomic E-state index is 0.208. The molecule has 1 saturated heterocycles. The van der Waals surface area contributed by atoms with Crippen LogP contribution in [-0.4, -0.2) is 39.9 Å². The molecule has 1 N–H and O–H groups in total. The lowest BCUT2D eigenvalue weighted by molar-refractivity contribution is 0.0588. The first-order valence-electron chi connectivity index (χ1n) is 8.73. The molecule has 0 radical (unpaired) electrons. The van der Waals surface area contributed by atoms with Gasteiger partial charge in [-0.15, -0.1) is 0 Å². The lowest BCUT2D eigenvalue weighted by Gasteiger charge is -2.47. The maximum Gasteiger partial charge on any atom is 0.0678 e. The smallest absolute Gasteiger partial charge is 0.0678 e. The number of likely N-dealkylation sites (tertiary alicyclic amines) is 1. The third-order valence-electron chi connectivity index (χ3n) is 5.25. The van der Waals surface area contributed by atoms with Gasteiger partial charge in [-0.05, 0) is 58.3 Å². The molecule has 0 aliphatic carbocycles. The molecule has 0 aromatic carbocycles. The van der Waals surface area contributed by atoms with Gasteiger partial charge in [-0.1, -0.05) is 20.8 Å². The molecule has 1 aromatic rings. The predicted molar refractivity (Wildman–Crippen MR) is 88.4 cm³/mol. The Hall–Kier alpha value is -0.870. The van der Waals surface area contributed by atoms with Crippen molar-refractivity contribution in [2.75, 3.05) is 19.6 Å². The molecule has 0 bridgehead atoms. The van der Waals surface area contributed by atoms with E-state index in [0.717, 1.165) is 13.1 Å². The van der Waals surface area contributed by atoms with Crippen LogP contribution < -0.4 is 5.32 Å². The second-order valence-corrected chi connectivity index (χ2v) is 6.07. The summed E-state index contributed by atoms with van der Waals surface area (Å²) in [5.41, 5.74) is 1.55. The highest BCUT2D eigenvalue weighted by Gasteiger charge is 2.43. The molecule has 1 aliphatic heterocycles. The Morgan fingerprint density at radius 1 is 1.19 bits per heavy atom. The van der Waals surface area contributed by atoms with E-state index in [9.17, 15) is 0 Å². The molecule has 1 atom stereocenters. The Bertz CT molecular complexity index is 416. The van der Waals surface area contributed by atoms with Crippen LogP contribution in [-0.2, 0) is 6.54 Å². The second kappa shape index (κ2) is 7.41. The molecule has 4 heteroatoms. The molecule has 0 saturated carbocycles. The first-order valence-corrected chi connectivity index (χ1v) is 8.73. The van der Waals surface area contributed by atoms with Crippen LogP contribution in [0, 0.1) is 0 Å². The lowest BCUT2D eigenvalue weighted by Crippen LogP contribution is -2.55. The molecule has 2 heterocycles. The SMILES string of the molecule is CCNC(c1ccnn1CC)C(CC)(CC)N1CCCC1. The Kier molecular flexibility index (Phi) is 5.82. The van der Waals surface area contributed by atoms with Gasteiger partial charge in [-0.2, -0.15) is 5.10 Å². The average Bonchev–Trinajstić information content (AvgIpc) is 3.19. The van der Waals surface area contributed by atoms with Crippen LogP contribution >= 0.6 is 0 Å². The van der Waals surface area contributed by atoms with Crippen molar-refractivity contribution < 1.29 is 0 Å². The van der Waals surface area contributed by atoms with Gasteiger partial charge >= 0.3 is 0 Å². The standard InChI is InChI=1S/C17H32N4/c1-5-17(6-2,20-13-9-10-14-20)16(18-7-3)15-11-12-19-21(15)8-4/h11-12,16,18H,5-10,13-14H2,1-4H3. The Morgan fingerprint density at radius 2 is 1.86 bits per heavy atom. The molecule has 21 heavy (non-hydrogen) atoms. The summed E-state index contributed by atoms with van der Waals surface area (Å²) >= 11 is 0. The van der Waals surface area contributed by atoms with Crippen molar-refractivity contribution in [3.05, 3.63) is 18.0 Å². The van der Waals surface area contributed by atoms with Gasteiger partial charge in [0.05, 0.1) is 11.7 Å². The van der Waals surface area contributed by atoms with Gasteiger partial charge in [0.25, 0.3) is 0 Å². The monoisotopic (exact) mass is 292 g/mol. The van der Waals surface area contributed by atoms with E-state index in [0.29, 0.717) is 6.04 Å². The Labute approximate surface area is 129 Å². The van der Waals surface area contributed by atoms with Crippen molar-refractivity contribution in [3.63, 3.8) is 0 Å². The van der Waals surface area contributed by atoms with E-state index in [4.69, 9.17) is 0 Å². The molecular weight excluding hydrogens is 260 g/mol. The van der Waals surface area contributed by atoms with Crippen LogP contribution in [0.2, 0.25) is 0 Å². The summed E-state index contributed by atoms with van der Waals surface area (Å²) in [6, 6.07) is 2.56. The summed E-state index contributed by atoms with van der Waals surface area (Å²) in [5.74, 6) is 0. The van der Waals surface area contributed by atoms with Crippen molar-refractivity contribution in [1.82, 2.24) is 20.0 Å². The quantitative estimate of drug-likeness (QED) is 0.798. The summed E-state index contributed by atoms with van der Waals surface area (Å²) < 4.78 is 2.16. The van der Waals surface area contributed by atoms with E-state index in [1.54, 1.807) is 0 Å². The zero-order valence-electron chi connectivity index (χ0n) is 14.2. The van der Waals surface area contributed by atoms with Crippen molar-refractivity contribution in [2.45, 2.75) is 71.5 Å². The van der Waals surface area contributed by atoms with Crippen molar-refractivity contribution in [3.8, 4) is 0 Å². The van der Waals surface area contributed by atoms with Crippen LogP contribution in [0.1, 0.15) is 65.1 Å². The van der Waals surface area contributed by atoms with E-state index >= 15 is 0 Å². The fraction of sp³-hybridized carbons (Fsp3) is 0.824. The zero-order chi connectivity index (χ0) is 15.3. The minimum absolute atomic E-state index is 0.208. The fourth-order valence-corrected chi connectivity index (χ4v) is 4.08. The van der Waals surface area contributed by atoms with Crippen LogP contribution in [0.3, 0.4) is 0 Å². The van der Waals surface area contributed by atoms with Gasteiger partial charge in [0.15, 0.2) is 0 Å². The number of nitrogens with zero attached hydrogens (tertiary/aromatic N) is 3. The predicted octanol–water partition coefficient (Wildman–Crippen LogP) is 3.21. The summed E-state index contributed by atoms with van der Waals surface area (Å²) in [7, 11) is 0. The average molecular weight is 292 g/mol. The first kappa shape index (κ1) is 16.5. The Morgan fingerprint density at radius 3 is 2.38 bits per heavy atom. The summed E-state index contributed by atoms with van der Waals surface area (Å²) in [5, 5.41) is 8.28. The zero-order valence-corrected chi connectivity index (χ0v) is 14.2. The van der Waals surface area contributed by atoms with E-state index in [1.165, 1.54) is 44.5 Å². The summed E-state index contributed by atoms with van der Waals surface area (Å²) in [4.78, 5) is 2.73. The number of rotatable bonds is 8. The number of likely N-dealkylation sites (N-methyl/N-ethyl adjacent to an activating group) is 1. The minimum Gasteiger partial charge on any atom is -0.307 e. The highest BCUT2D eigenvalue weighted by atomic mass is 15.3. The van der Waals surface area contributed by atoms with Gasteiger partial charge in [-0.3, -0.25) is 9.58 Å². The molecule has 0 amide bonds. The van der Waals surface area contributed by atoms with Gasteiger partial charge in [-0.25, -0.2) is 0 Å². The van der Waals surface area contributed by atoms with E-state index in [1.807, 2.05) is 6.20 Å². The highest BCUT2D eigenvalue weighted by Crippen LogP contribution is 2.39. The fourth-order valence-electron chi connectivity index (χ4n) is 4.08. The van der Waals surface area contributed by atoms with Gasteiger partial charge in [0, 0.05) is 18.3 Å². The van der Waals surface area contributed by atoms with Gasteiger partial charge in [0.1, 0.15) is 0 Å². The van der Waals surface area contributed by atoms with Crippen molar-refractivity contribution in [1.29, 1.82) is 0 Å². The third-order valence-corrected chi connectivity index (χ3v) is 5.25. The largest absolute Gasteiger partial charge is 0.307 e. The third kappa shape index (κ3) is 3.02. The lowest BCUT2D eigenvalue weighted by atomic mass is 9.81. The number of aromatic nitrogens is 2. The molecule has 1 aromatic heterocycles. The molecule has 120 valence electrons. The van der Waals surface area contributed by atoms with Gasteiger partial charge in [0.2, 0.25) is 0 Å². The number of aryl methyl sites for hydroxylation is 1. The van der Waals surface area contributed by atoms with E-state index < -0.39 is 0 Å². The van der Waals surface area contributed by atoms with Crippen LogP contribution in [0.25, 0.3) is 0 Å². The molecule has 1 aliphatic rings. The molecule has 0 spiro atoms. The van der Waals surface area contributed by atoms with E-state index in [-0.39, 0.29) is 5.54 Å². The van der Waals surface area contributed by atoms with Crippen molar-refractivity contribution in [2.24, 2.45) is 0 Å². The molecule has 4 nitrogen and oxygen atoms in total. The van der Waals surface area contributed by atoms with E-state index in [2.05, 4.69) is 53.8 Å². The topological polar surface area (TPSA) is 33.1 Å². The van der Waals surface area contributed by atoms with Crippen LogP contribution in [0.15, 0.2) is 12.3 Å². The summed E-state index contributed by atoms with van der Waals surface area (Å²) in [6.45, 7) is 13.5. The first-order chi connectivity index (χ1) is 10.2. The maximum absolute atomic E-state index is 4.50. The normalized spacial score (nSPS) is 18.3. The highest BCUT2D eigenvalue weighted by molar-refractivity contribution is 5.16. The molecule has 1 unspecified atom stereocenters. The van der Waals surface area contributed by atoms with Gasteiger partial charge < -0.3 is 5.32 Å². The number of hydrogen-bond acceptors (Lipinski definition) is 3. The van der Waals surface area contributed by atoms with Crippen LogP contribution in [0.5, 0.6) is 0 Å². The molecular formula is C17H32N4.